The number of nitriles is 1. The molecule has 0 spiro atoms. The first-order valence-electron chi connectivity index (χ1n) is 5.24. The molecule has 0 aliphatic rings. The SMILES string of the molecule is CC(C)=C(CC#N)c1cccc(N(C)C)n1. The van der Waals surface area contributed by atoms with Crippen molar-refractivity contribution in [3.05, 3.63) is 29.5 Å². The zero-order chi connectivity index (χ0) is 12.1. The van der Waals surface area contributed by atoms with Gasteiger partial charge in [0.25, 0.3) is 0 Å². The number of rotatable bonds is 3. The van der Waals surface area contributed by atoms with Crippen LogP contribution < -0.4 is 4.90 Å². The first kappa shape index (κ1) is 12.3. The van der Waals surface area contributed by atoms with Crippen molar-refractivity contribution in [1.29, 1.82) is 5.26 Å². The van der Waals surface area contributed by atoms with E-state index in [2.05, 4.69) is 11.1 Å². The molecule has 0 saturated carbocycles. The highest BCUT2D eigenvalue weighted by molar-refractivity contribution is 5.68. The lowest BCUT2D eigenvalue weighted by molar-refractivity contribution is 1.05. The van der Waals surface area contributed by atoms with E-state index < -0.39 is 0 Å². The molecule has 0 aliphatic carbocycles. The topological polar surface area (TPSA) is 39.9 Å². The Morgan fingerprint density at radius 2 is 2.06 bits per heavy atom. The molecule has 1 aromatic heterocycles. The normalized spacial score (nSPS) is 9.44. The van der Waals surface area contributed by atoms with Crippen LogP contribution in [0.25, 0.3) is 5.57 Å². The average Bonchev–Trinajstić information content (AvgIpc) is 2.25. The van der Waals surface area contributed by atoms with Gasteiger partial charge in [0.2, 0.25) is 0 Å². The quantitative estimate of drug-likeness (QED) is 0.778. The molecule has 0 bridgehead atoms. The highest BCUT2D eigenvalue weighted by atomic mass is 15.1. The summed E-state index contributed by atoms with van der Waals surface area (Å²) in [6.45, 7) is 4.02. The molecule has 1 heterocycles. The molecule has 3 heteroatoms. The molecule has 0 aliphatic heterocycles. The van der Waals surface area contributed by atoms with Crippen LogP contribution in [0.3, 0.4) is 0 Å². The molecule has 16 heavy (non-hydrogen) atoms. The van der Waals surface area contributed by atoms with Gasteiger partial charge in [-0.05, 0) is 31.6 Å². The zero-order valence-corrected chi connectivity index (χ0v) is 10.3. The van der Waals surface area contributed by atoms with Crippen LogP contribution in [0.4, 0.5) is 5.82 Å². The van der Waals surface area contributed by atoms with Crippen LogP contribution in [-0.2, 0) is 0 Å². The van der Waals surface area contributed by atoms with Gasteiger partial charge in [-0.25, -0.2) is 4.98 Å². The molecular weight excluding hydrogens is 198 g/mol. The van der Waals surface area contributed by atoms with Gasteiger partial charge >= 0.3 is 0 Å². The lowest BCUT2D eigenvalue weighted by atomic mass is 10.0. The maximum atomic E-state index is 8.80. The van der Waals surface area contributed by atoms with Gasteiger partial charge in [-0.3, -0.25) is 0 Å². The summed E-state index contributed by atoms with van der Waals surface area (Å²) in [6.07, 6.45) is 0.409. The van der Waals surface area contributed by atoms with Crippen molar-refractivity contribution in [2.75, 3.05) is 19.0 Å². The van der Waals surface area contributed by atoms with E-state index in [4.69, 9.17) is 5.26 Å². The third-order valence-corrected chi connectivity index (χ3v) is 2.36. The molecule has 0 fully saturated rings. The smallest absolute Gasteiger partial charge is 0.128 e. The van der Waals surface area contributed by atoms with Gasteiger partial charge in [-0.2, -0.15) is 5.26 Å². The van der Waals surface area contributed by atoms with Gasteiger partial charge in [-0.1, -0.05) is 11.6 Å². The van der Waals surface area contributed by atoms with Gasteiger partial charge in [0, 0.05) is 14.1 Å². The monoisotopic (exact) mass is 215 g/mol. The Bertz CT molecular complexity index is 435. The highest BCUT2D eigenvalue weighted by Gasteiger charge is 2.06. The molecule has 0 saturated heterocycles. The minimum absolute atomic E-state index is 0.409. The fourth-order valence-corrected chi connectivity index (χ4v) is 1.44. The molecule has 0 atom stereocenters. The molecule has 3 nitrogen and oxygen atoms in total. The van der Waals surface area contributed by atoms with E-state index in [0.29, 0.717) is 6.42 Å². The van der Waals surface area contributed by atoms with Gasteiger partial charge in [0.15, 0.2) is 0 Å². The molecular formula is C13H17N3. The van der Waals surface area contributed by atoms with E-state index in [0.717, 1.165) is 22.7 Å². The first-order chi connectivity index (χ1) is 7.56. The van der Waals surface area contributed by atoms with Crippen molar-refractivity contribution in [2.24, 2.45) is 0 Å². The summed E-state index contributed by atoms with van der Waals surface area (Å²) in [6, 6.07) is 8.06. The molecule has 0 radical (unpaired) electrons. The number of hydrogen-bond acceptors (Lipinski definition) is 3. The second kappa shape index (κ2) is 5.32. The van der Waals surface area contributed by atoms with Crippen LogP contribution in [0, 0.1) is 11.3 Å². The largest absolute Gasteiger partial charge is 0.363 e. The zero-order valence-electron chi connectivity index (χ0n) is 10.3. The molecule has 0 N–H and O–H groups in total. The number of allylic oxidation sites excluding steroid dienone is 2. The summed E-state index contributed by atoms with van der Waals surface area (Å²) < 4.78 is 0. The van der Waals surface area contributed by atoms with Crippen molar-refractivity contribution in [3.8, 4) is 6.07 Å². The Labute approximate surface area is 97.0 Å². The second-order valence-electron chi connectivity index (χ2n) is 4.09. The van der Waals surface area contributed by atoms with Crippen LogP contribution in [0.1, 0.15) is 26.0 Å². The number of pyridine rings is 1. The van der Waals surface area contributed by atoms with Crippen molar-refractivity contribution >= 4 is 11.4 Å². The maximum Gasteiger partial charge on any atom is 0.128 e. The van der Waals surface area contributed by atoms with Crippen LogP contribution in [0.15, 0.2) is 23.8 Å². The summed E-state index contributed by atoms with van der Waals surface area (Å²) in [5, 5.41) is 8.80. The standard InChI is InChI=1S/C13H17N3/c1-10(2)11(8-9-14)12-6-5-7-13(15-12)16(3)4/h5-7H,8H2,1-4H3. The molecule has 0 amide bonds. The third kappa shape index (κ3) is 2.83. The minimum Gasteiger partial charge on any atom is -0.363 e. The first-order valence-corrected chi connectivity index (χ1v) is 5.24. The van der Waals surface area contributed by atoms with Crippen molar-refractivity contribution in [1.82, 2.24) is 4.98 Å². The molecule has 0 unspecified atom stereocenters. The Morgan fingerprint density at radius 1 is 1.38 bits per heavy atom. The number of anilines is 1. The van der Waals surface area contributed by atoms with Crippen LogP contribution in [0.2, 0.25) is 0 Å². The fourth-order valence-electron chi connectivity index (χ4n) is 1.44. The Balaban J connectivity index is 3.17. The Morgan fingerprint density at radius 3 is 2.56 bits per heavy atom. The predicted molar refractivity (Wildman–Crippen MR) is 67.1 cm³/mol. The summed E-state index contributed by atoms with van der Waals surface area (Å²) in [7, 11) is 3.91. The van der Waals surface area contributed by atoms with Crippen LogP contribution in [0.5, 0.6) is 0 Å². The van der Waals surface area contributed by atoms with E-state index in [1.54, 1.807) is 0 Å². The molecule has 1 rings (SSSR count). The van der Waals surface area contributed by atoms with E-state index >= 15 is 0 Å². The fraction of sp³-hybridized carbons (Fsp3) is 0.385. The summed E-state index contributed by atoms with van der Waals surface area (Å²) in [4.78, 5) is 6.49. The van der Waals surface area contributed by atoms with E-state index in [1.165, 1.54) is 0 Å². The Kier molecular flexibility index (Phi) is 4.07. The van der Waals surface area contributed by atoms with E-state index in [9.17, 15) is 0 Å². The van der Waals surface area contributed by atoms with E-state index in [-0.39, 0.29) is 0 Å². The van der Waals surface area contributed by atoms with E-state index in [1.807, 2.05) is 51.0 Å². The van der Waals surface area contributed by atoms with Crippen LogP contribution in [-0.4, -0.2) is 19.1 Å². The third-order valence-electron chi connectivity index (χ3n) is 2.36. The summed E-state index contributed by atoms with van der Waals surface area (Å²) in [5.74, 6) is 0.911. The second-order valence-corrected chi connectivity index (χ2v) is 4.09. The number of aromatic nitrogens is 1. The predicted octanol–water partition coefficient (Wildman–Crippen LogP) is 2.85. The summed E-state index contributed by atoms with van der Waals surface area (Å²) in [5.41, 5.74) is 3.06. The summed E-state index contributed by atoms with van der Waals surface area (Å²) >= 11 is 0. The van der Waals surface area contributed by atoms with Crippen molar-refractivity contribution in [2.45, 2.75) is 20.3 Å². The van der Waals surface area contributed by atoms with Crippen LogP contribution >= 0.6 is 0 Å². The average molecular weight is 215 g/mol. The van der Waals surface area contributed by atoms with Crippen molar-refractivity contribution < 1.29 is 0 Å². The lowest BCUT2D eigenvalue weighted by Gasteiger charge is -2.13. The Hall–Kier alpha value is -1.82. The lowest BCUT2D eigenvalue weighted by Crippen LogP contribution is -2.11. The number of hydrogen-bond donors (Lipinski definition) is 0. The van der Waals surface area contributed by atoms with Crippen molar-refractivity contribution in [3.63, 3.8) is 0 Å². The van der Waals surface area contributed by atoms with Gasteiger partial charge < -0.3 is 4.90 Å². The molecule has 1 aromatic rings. The van der Waals surface area contributed by atoms with Gasteiger partial charge in [0.05, 0.1) is 18.2 Å². The minimum atomic E-state index is 0.409. The van der Waals surface area contributed by atoms with Gasteiger partial charge in [0.1, 0.15) is 5.82 Å². The maximum absolute atomic E-state index is 8.80. The van der Waals surface area contributed by atoms with Gasteiger partial charge in [-0.15, -0.1) is 0 Å². The molecule has 0 aromatic carbocycles. The molecule has 84 valence electrons. The number of nitrogens with zero attached hydrogens (tertiary/aromatic N) is 3. The highest BCUT2D eigenvalue weighted by Crippen LogP contribution is 2.21.